The van der Waals surface area contributed by atoms with E-state index in [0.29, 0.717) is 18.8 Å². The summed E-state index contributed by atoms with van der Waals surface area (Å²) in [6.45, 7) is 7.19. The molecule has 37 heavy (non-hydrogen) atoms. The summed E-state index contributed by atoms with van der Waals surface area (Å²) in [7, 11) is 1.62. The third-order valence-corrected chi connectivity index (χ3v) is 5.72. The summed E-state index contributed by atoms with van der Waals surface area (Å²) in [5.41, 5.74) is 3.90. The van der Waals surface area contributed by atoms with Crippen LogP contribution in [-0.4, -0.2) is 42.9 Å². The van der Waals surface area contributed by atoms with Crippen LogP contribution in [0.15, 0.2) is 77.8 Å². The predicted octanol–water partition coefficient (Wildman–Crippen LogP) is 5.60. The number of ether oxygens (including phenoxy) is 2. The van der Waals surface area contributed by atoms with Crippen molar-refractivity contribution in [2.24, 2.45) is 4.99 Å². The zero-order chi connectivity index (χ0) is 26.8. The fourth-order valence-corrected chi connectivity index (χ4v) is 3.61. The highest BCUT2D eigenvalue weighted by Gasteiger charge is 2.13. The molecule has 3 aromatic carbocycles. The highest BCUT2D eigenvalue weighted by molar-refractivity contribution is 6.13. The molecule has 1 amide bonds. The van der Waals surface area contributed by atoms with Crippen LogP contribution in [0.5, 0.6) is 17.2 Å². The molecule has 0 fully saturated rings. The second-order valence-corrected chi connectivity index (χ2v) is 9.60. The van der Waals surface area contributed by atoms with Crippen molar-refractivity contribution < 1.29 is 24.2 Å². The van der Waals surface area contributed by atoms with Gasteiger partial charge in [-0.2, -0.15) is 0 Å². The largest absolute Gasteiger partial charge is 0.497 e. The minimum absolute atomic E-state index is 0.0508. The van der Waals surface area contributed by atoms with Gasteiger partial charge in [-0.25, -0.2) is 0 Å². The number of aliphatic imine (C=N–C) groups is 1. The quantitative estimate of drug-likeness (QED) is 0.263. The fourth-order valence-electron chi connectivity index (χ4n) is 3.61. The first kappa shape index (κ1) is 27.5. The van der Waals surface area contributed by atoms with Gasteiger partial charge in [0.25, 0.3) is 0 Å². The number of rotatable bonds is 11. The summed E-state index contributed by atoms with van der Waals surface area (Å²) in [4.78, 5) is 27.2. The Morgan fingerprint density at radius 3 is 1.81 bits per heavy atom. The van der Waals surface area contributed by atoms with Crippen molar-refractivity contribution in [3.8, 4) is 17.2 Å². The lowest BCUT2D eigenvalue weighted by Gasteiger charge is -2.19. The molecular weight excluding hydrogens is 468 g/mol. The third-order valence-electron chi connectivity index (χ3n) is 5.72. The highest BCUT2D eigenvalue weighted by atomic mass is 16.5. The van der Waals surface area contributed by atoms with Crippen LogP contribution in [0.4, 0.5) is 0 Å². The van der Waals surface area contributed by atoms with Crippen molar-refractivity contribution in [3.05, 3.63) is 89.5 Å². The number of nitrogens with one attached hydrogen (secondary N) is 1. The minimum atomic E-state index is -0.996. The molecule has 0 atom stereocenters. The number of nitrogens with zero attached hydrogens (tertiary/aromatic N) is 1. The lowest BCUT2D eigenvalue weighted by molar-refractivity contribution is -0.138. The molecule has 0 unspecified atom stereocenters. The molecule has 0 heterocycles. The van der Waals surface area contributed by atoms with Gasteiger partial charge in [0.2, 0.25) is 5.91 Å². The molecule has 7 nitrogen and oxygen atoms in total. The Hall–Kier alpha value is -4.13. The third kappa shape index (κ3) is 8.49. The Morgan fingerprint density at radius 1 is 0.811 bits per heavy atom. The molecule has 3 aromatic rings. The van der Waals surface area contributed by atoms with E-state index in [2.05, 4.69) is 38.2 Å². The number of carboxylic acid groups (broad SMARTS) is 1. The second-order valence-electron chi connectivity index (χ2n) is 9.60. The van der Waals surface area contributed by atoms with Crippen LogP contribution < -0.4 is 14.8 Å². The van der Waals surface area contributed by atoms with E-state index in [-0.39, 0.29) is 24.2 Å². The first-order valence-corrected chi connectivity index (χ1v) is 12.2. The van der Waals surface area contributed by atoms with E-state index in [1.54, 1.807) is 7.11 Å². The fraction of sp³-hybridized carbons (Fsp3) is 0.300. The standard InChI is InChI=1S/C30H34N2O5/c1-30(2,3)23-9-15-26(16-10-23)37-25-13-7-22(8-14-25)29(21-5-11-24(36-4)12-6-21)32-20-19-31-27(33)17-18-28(34)35/h5-16H,17-20H2,1-4H3,(H,31,33)(H,34,35). The molecule has 0 aliphatic carbocycles. The number of carbonyl (C=O) groups excluding carboxylic acids is 1. The van der Waals surface area contributed by atoms with Gasteiger partial charge >= 0.3 is 5.97 Å². The van der Waals surface area contributed by atoms with E-state index in [9.17, 15) is 9.59 Å². The second kappa shape index (κ2) is 12.7. The molecule has 194 valence electrons. The van der Waals surface area contributed by atoms with Crippen LogP contribution >= 0.6 is 0 Å². The average Bonchev–Trinajstić information content (AvgIpc) is 2.88. The van der Waals surface area contributed by atoms with Crippen LogP contribution in [0.25, 0.3) is 0 Å². The minimum Gasteiger partial charge on any atom is -0.497 e. The van der Waals surface area contributed by atoms with Gasteiger partial charge in [0.05, 0.1) is 25.8 Å². The van der Waals surface area contributed by atoms with E-state index in [0.717, 1.165) is 28.3 Å². The number of hydrogen-bond donors (Lipinski definition) is 2. The molecule has 0 bridgehead atoms. The number of aliphatic carboxylic acids is 1. The van der Waals surface area contributed by atoms with Crippen molar-refractivity contribution in [3.63, 3.8) is 0 Å². The number of carboxylic acids is 1. The van der Waals surface area contributed by atoms with Gasteiger partial charge in [-0.1, -0.05) is 32.9 Å². The maximum atomic E-state index is 11.8. The van der Waals surface area contributed by atoms with E-state index in [1.165, 1.54) is 5.56 Å². The first-order chi connectivity index (χ1) is 17.7. The van der Waals surface area contributed by atoms with Crippen molar-refractivity contribution in [1.29, 1.82) is 0 Å². The molecule has 0 aromatic heterocycles. The zero-order valence-electron chi connectivity index (χ0n) is 21.8. The number of hydrogen-bond acceptors (Lipinski definition) is 5. The van der Waals surface area contributed by atoms with Crippen LogP contribution in [0.3, 0.4) is 0 Å². The molecule has 0 saturated heterocycles. The van der Waals surface area contributed by atoms with Gasteiger partial charge in [0.1, 0.15) is 17.2 Å². The lowest BCUT2D eigenvalue weighted by Crippen LogP contribution is -2.26. The normalized spacial score (nSPS) is 11.6. The van der Waals surface area contributed by atoms with Crippen molar-refractivity contribution >= 4 is 17.6 Å². The zero-order valence-corrected chi connectivity index (χ0v) is 21.8. The van der Waals surface area contributed by atoms with Crippen molar-refractivity contribution in [2.45, 2.75) is 39.0 Å². The van der Waals surface area contributed by atoms with E-state index in [1.807, 2.05) is 60.7 Å². The summed E-state index contributed by atoms with van der Waals surface area (Å²) in [5, 5.41) is 11.4. The Kier molecular flexibility index (Phi) is 9.44. The number of amides is 1. The predicted molar refractivity (Wildman–Crippen MR) is 145 cm³/mol. The molecule has 7 heteroatoms. The maximum Gasteiger partial charge on any atom is 0.303 e. The van der Waals surface area contributed by atoms with Crippen molar-refractivity contribution in [2.75, 3.05) is 20.2 Å². The summed E-state index contributed by atoms with van der Waals surface area (Å²) >= 11 is 0. The molecule has 2 N–H and O–H groups in total. The SMILES string of the molecule is COc1ccc(C(=NCCNC(=O)CCC(=O)O)c2ccc(Oc3ccc(C(C)(C)C)cc3)cc2)cc1. The summed E-state index contributed by atoms with van der Waals surface area (Å²) in [6.07, 6.45) is -0.244. The van der Waals surface area contributed by atoms with Gasteiger partial charge in [-0.3, -0.25) is 14.6 Å². The van der Waals surface area contributed by atoms with Gasteiger partial charge in [-0.15, -0.1) is 0 Å². The Labute approximate surface area is 218 Å². The topological polar surface area (TPSA) is 97.2 Å². The summed E-state index contributed by atoms with van der Waals surface area (Å²) in [6, 6.07) is 23.4. The van der Waals surface area contributed by atoms with E-state index < -0.39 is 5.97 Å². The highest BCUT2D eigenvalue weighted by Crippen LogP contribution is 2.27. The lowest BCUT2D eigenvalue weighted by atomic mass is 9.87. The molecule has 0 aliphatic heterocycles. The molecule has 0 aliphatic rings. The van der Waals surface area contributed by atoms with Gasteiger partial charge in [0, 0.05) is 24.1 Å². The Morgan fingerprint density at radius 2 is 1.32 bits per heavy atom. The molecule has 0 radical (unpaired) electrons. The molecular formula is C30H34N2O5. The first-order valence-electron chi connectivity index (χ1n) is 12.2. The molecule has 0 spiro atoms. The number of carbonyl (C=O) groups is 2. The summed E-state index contributed by atoms with van der Waals surface area (Å²) < 4.78 is 11.3. The van der Waals surface area contributed by atoms with Crippen LogP contribution in [-0.2, 0) is 15.0 Å². The molecule has 0 saturated carbocycles. The molecule has 3 rings (SSSR count). The Bertz CT molecular complexity index is 1210. The van der Waals surface area contributed by atoms with Crippen LogP contribution in [0.2, 0.25) is 0 Å². The Balaban J connectivity index is 1.73. The van der Waals surface area contributed by atoms with Crippen LogP contribution in [0, 0.1) is 0 Å². The van der Waals surface area contributed by atoms with Gasteiger partial charge < -0.3 is 19.9 Å². The van der Waals surface area contributed by atoms with E-state index >= 15 is 0 Å². The van der Waals surface area contributed by atoms with E-state index in [4.69, 9.17) is 19.6 Å². The van der Waals surface area contributed by atoms with Gasteiger partial charge in [-0.05, 0) is 71.6 Å². The maximum absolute atomic E-state index is 11.8. The van der Waals surface area contributed by atoms with Crippen LogP contribution in [0.1, 0.15) is 50.3 Å². The van der Waals surface area contributed by atoms with Crippen molar-refractivity contribution in [1.82, 2.24) is 5.32 Å². The monoisotopic (exact) mass is 502 g/mol. The summed E-state index contributed by atoms with van der Waals surface area (Å²) in [5.74, 6) is 0.926. The van der Waals surface area contributed by atoms with Gasteiger partial charge in [0.15, 0.2) is 0 Å². The number of methoxy groups -OCH3 is 1. The average molecular weight is 503 g/mol. The number of benzene rings is 3. The smallest absolute Gasteiger partial charge is 0.303 e.